The largest absolute Gasteiger partial charge is 0.417 e. The van der Waals surface area contributed by atoms with E-state index in [1.165, 1.54) is 10.5 Å². The second kappa shape index (κ2) is 8.39. The van der Waals surface area contributed by atoms with Crippen molar-refractivity contribution in [1.82, 2.24) is 25.2 Å². The fourth-order valence-electron chi connectivity index (χ4n) is 3.28. The Bertz CT molecular complexity index is 851. The van der Waals surface area contributed by atoms with Crippen LogP contribution in [-0.2, 0) is 17.5 Å². The monoisotopic (exact) mass is 512 g/mol. The van der Waals surface area contributed by atoms with Crippen molar-refractivity contribution in [1.29, 1.82) is 0 Å². The van der Waals surface area contributed by atoms with Crippen LogP contribution in [0.25, 0.3) is 5.65 Å². The van der Waals surface area contributed by atoms with Crippen LogP contribution in [0.1, 0.15) is 31.7 Å². The van der Waals surface area contributed by atoms with Crippen LogP contribution in [0.4, 0.5) is 13.2 Å². The van der Waals surface area contributed by atoms with E-state index in [2.05, 4.69) is 39.7 Å². The molecule has 1 fully saturated rings. The molecule has 0 saturated heterocycles. The molecule has 2 heterocycles. The van der Waals surface area contributed by atoms with Gasteiger partial charge in [0.2, 0.25) is 0 Å². The number of nitrogens with zero attached hydrogens (tertiary/aromatic N) is 4. The third-order valence-electron chi connectivity index (χ3n) is 5.21. The minimum atomic E-state index is -4.42. The van der Waals surface area contributed by atoms with Gasteiger partial charge in [0.25, 0.3) is 0 Å². The van der Waals surface area contributed by atoms with Crippen LogP contribution in [0, 0.1) is 5.41 Å². The number of halogens is 4. The van der Waals surface area contributed by atoms with Gasteiger partial charge in [0.15, 0.2) is 17.4 Å². The van der Waals surface area contributed by atoms with Crippen molar-refractivity contribution in [3.63, 3.8) is 0 Å². The molecule has 156 valence electrons. The van der Waals surface area contributed by atoms with Gasteiger partial charge in [-0.05, 0) is 18.6 Å². The Labute approximate surface area is 178 Å². The number of pyridine rings is 1. The minimum Gasteiger partial charge on any atom is -0.381 e. The number of methoxy groups -OCH3 is 1. The van der Waals surface area contributed by atoms with Crippen molar-refractivity contribution in [3.05, 3.63) is 29.7 Å². The molecule has 0 bridgehead atoms. The molecule has 2 aromatic heterocycles. The number of hydrogen-bond acceptors (Lipinski definition) is 4. The van der Waals surface area contributed by atoms with E-state index < -0.39 is 11.7 Å². The Morgan fingerprint density at radius 1 is 1.36 bits per heavy atom. The second-order valence-electron chi connectivity index (χ2n) is 7.16. The summed E-state index contributed by atoms with van der Waals surface area (Å²) in [4.78, 5) is 4.18. The van der Waals surface area contributed by atoms with Gasteiger partial charge in [0, 0.05) is 31.8 Å². The van der Waals surface area contributed by atoms with E-state index in [1.807, 2.05) is 0 Å². The predicted molar refractivity (Wildman–Crippen MR) is 110 cm³/mol. The fraction of sp³-hybridized carbons (Fsp3) is 0.588. The molecule has 0 radical (unpaired) electrons. The average molecular weight is 512 g/mol. The smallest absolute Gasteiger partial charge is 0.381 e. The van der Waals surface area contributed by atoms with Gasteiger partial charge in [-0.25, -0.2) is 0 Å². The Kier molecular flexibility index (Phi) is 6.79. The molecular formula is C17H24F3IN6O. The molecule has 0 amide bonds. The zero-order valence-corrected chi connectivity index (χ0v) is 18.4. The molecule has 11 heteroatoms. The van der Waals surface area contributed by atoms with Crippen LogP contribution >= 0.6 is 24.0 Å². The highest BCUT2D eigenvalue weighted by Crippen LogP contribution is 2.42. The molecule has 2 N–H and O–H groups in total. The molecule has 2 aromatic rings. The predicted octanol–water partition coefficient (Wildman–Crippen LogP) is 2.84. The summed E-state index contributed by atoms with van der Waals surface area (Å²) in [7, 11) is 3.33. The van der Waals surface area contributed by atoms with Gasteiger partial charge in [0.05, 0.1) is 18.2 Å². The Balaban J connectivity index is 0.00000280. The average Bonchev–Trinajstić information content (AvgIpc) is 3.02. The summed E-state index contributed by atoms with van der Waals surface area (Å²) in [6.45, 7) is 4.41. The molecule has 0 aliphatic heterocycles. The molecule has 1 aliphatic carbocycles. The van der Waals surface area contributed by atoms with Gasteiger partial charge in [-0.2, -0.15) is 13.2 Å². The van der Waals surface area contributed by atoms with Gasteiger partial charge in [-0.1, -0.05) is 13.8 Å². The number of aliphatic imine (C=N–C) groups is 1. The maximum atomic E-state index is 12.9. The Morgan fingerprint density at radius 2 is 2.07 bits per heavy atom. The van der Waals surface area contributed by atoms with E-state index in [0.717, 1.165) is 18.7 Å². The number of ether oxygens (including phenoxy) is 1. The van der Waals surface area contributed by atoms with Crippen LogP contribution in [0.15, 0.2) is 23.3 Å². The van der Waals surface area contributed by atoms with Gasteiger partial charge in [0.1, 0.15) is 0 Å². The van der Waals surface area contributed by atoms with Crippen molar-refractivity contribution in [3.8, 4) is 0 Å². The molecule has 1 aliphatic rings. The van der Waals surface area contributed by atoms with Crippen LogP contribution in [-0.4, -0.2) is 46.9 Å². The number of guanidine groups is 1. The van der Waals surface area contributed by atoms with E-state index in [-0.39, 0.29) is 48.1 Å². The highest BCUT2D eigenvalue weighted by Gasteiger charge is 2.48. The molecule has 2 atom stereocenters. The maximum absolute atomic E-state index is 12.9. The first kappa shape index (κ1) is 22.7. The summed E-state index contributed by atoms with van der Waals surface area (Å²) in [5.74, 6) is 0.910. The second-order valence-corrected chi connectivity index (χ2v) is 7.16. The molecular weight excluding hydrogens is 488 g/mol. The highest BCUT2D eigenvalue weighted by atomic mass is 127. The molecule has 2 unspecified atom stereocenters. The lowest BCUT2D eigenvalue weighted by Gasteiger charge is -2.51. The lowest BCUT2D eigenvalue weighted by molar-refractivity contribution is -0.137. The molecule has 7 nitrogen and oxygen atoms in total. The molecule has 28 heavy (non-hydrogen) atoms. The van der Waals surface area contributed by atoms with Crippen molar-refractivity contribution in [2.45, 2.75) is 45.1 Å². The maximum Gasteiger partial charge on any atom is 0.417 e. The highest BCUT2D eigenvalue weighted by molar-refractivity contribution is 14.0. The van der Waals surface area contributed by atoms with Crippen molar-refractivity contribution >= 4 is 35.6 Å². The van der Waals surface area contributed by atoms with Gasteiger partial charge < -0.3 is 15.4 Å². The van der Waals surface area contributed by atoms with Crippen LogP contribution in [0.3, 0.4) is 0 Å². The van der Waals surface area contributed by atoms with Crippen molar-refractivity contribution < 1.29 is 17.9 Å². The minimum absolute atomic E-state index is 0. The van der Waals surface area contributed by atoms with E-state index >= 15 is 0 Å². The van der Waals surface area contributed by atoms with Crippen LogP contribution < -0.4 is 10.6 Å². The summed E-state index contributed by atoms with van der Waals surface area (Å²) in [5.41, 5.74) is -0.443. The van der Waals surface area contributed by atoms with Crippen LogP contribution in [0.2, 0.25) is 0 Å². The SMILES string of the molecule is CN=C(NCc1nnc2ccc(C(F)(F)F)cn12)NC1CC(OC)C1(C)C.I. The Morgan fingerprint density at radius 3 is 2.64 bits per heavy atom. The third kappa shape index (κ3) is 4.34. The fourth-order valence-corrected chi connectivity index (χ4v) is 3.28. The lowest BCUT2D eigenvalue weighted by atomic mass is 9.64. The first-order valence-corrected chi connectivity index (χ1v) is 8.57. The van der Waals surface area contributed by atoms with E-state index in [9.17, 15) is 13.2 Å². The summed E-state index contributed by atoms with van der Waals surface area (Å²) in [5, 5.41) is 14.3. The summed E-state index contributed by atoms with van der Waals surface area (Å²) in [6, 6.07) is 2.47. The topological polar surface area (TPSA) is 75.8 Å². The summed E-state index contributed by atoms with van der Waals surface area (Å²) < 4.78 is 45.6. The summed E-state index contributed by atoms with van der Waals surface area (Å²) in [6.07, 6.45) is -2.39. The number of fused-ring (bicyclic) bond motifs is 1. The zero-order valence-electron chi connectivity index (χ0n) is 16.0. The lowest BCUT2D eigenvalue weighted by Crippen LogP contribution is -2.63. The molecule has 0 spiro atoms. The first-order chi connectivity index (χ1) is 12.7. The molecule has 1 saturated carbocycles. The number of hydrogen-bond donors (Lipinski definition) is 2. The molecule has 3 rings (SSSR count). The third-order valence-corrected chi connectivity index (χ3v) is 5.21. The quantitative estimate of drug-likeness (QED) is 0.375. The normalized spacial score (nSPS) is 21.8. The van der Waals surface area contributed by atoms with Gasteiger partial charge in [-0.15, -0.1) is 34.2 Å². The van der Waals surface area contributed by atoms with Crippen LogP contribution in [0.5, 0.6) is 0 Å². The standard InChI is InChI=1S/C17H23F3N6O.HI/c1-16(2)11(7-12(16)27-4)23-15(21-3)22-8-14-25-24-13-6-5-10(9-26(13)14)17(18,19)20;/h5-6,9,11-12H,7-8H2,1-4H3,(H2,21,22,23);1H. The number of aromatic nitrogens is 3. The van der Waals surface area contributed by atoms with Crippen molar-refractivity contribution in [2.75, 3.05) is 14.2 Å². The zero-order chi connectivity index (χ0) is 19.8. The van der Waals surface area contributed by atoms with E-state index in [4.69, 9.17) is 4.74 Å². The first-order valence-electron chi connectivity index (χ1n) is 8.57. The molecule has 0 aromatic carbocycles. The van der Waals surface area contributed by atoms with Crippen molar-refractivity contribution in [2.24, 2.45) is 10.4 Å². The Hall–Kier alpha value is -1.63. The van der Waals surface area contributed by atoms with E-state index in [0.29, 0.717) is 17.4 Å². The summed E-state index contributed by atoms with van der Waals surface area (Å²) >= 11 is 0. The number of alkyl halides is 3. The van der Waals surface area contributed by atoms with Gasteiger partial charge >= 0.3 is 6.18 Å². The number of rotatable bonds is 4. The number of nitrogens with one attached hydrogen (secondary N) is 2. The van der Waals surface area contributed by atoms with E-state index in [1.54, 1.807) is 14.2 Å². The van der Waals surface area contributed by atoms with Gasteiger partial charge in [-0.3, -0.25) is 9.39 Å².